The average Bonchev–Trinajstić information content (AvgIpc) is 2.58. The van der Waals surface area contributed by atoms with Crippen molar-refractivity contribution in [1.29, 1.82) is 0 Å². The van der Waals surface area contributed by atoms with Gasteiger partial charge in [-0.2, -0.15) is 0 Å². The average molecular weight is 250 g/mol. The van der Waals surface area contributed by atoms with Crippen molar-refractivity contribution < 1.29 is 14.6 Å². The lowest BCUT2D eigenvalue weighted by Crippen LogP contribution is -2.54. The molecule has 1 aliphatic heterocycles. The third-order valence-corrected chi connectivity index (χ3v) is 5.39. The molecule has 18 heavy (non-hydrogen) atoms. The van der Waals surface area contributed by atoms with E-state index >= 15 is 0 Å². The fourth-order valence-electron chi connectivity index (χ4n) is 4.44. The van der Waals surface area contributed by atoms with Crippen LogP contribution in [0.5, 0.6) is 0 Å². The Labute approximate surface area is 108 Å². The highest BCUT2D eigenvalue weighted by molar-refractivity contribution is 5.98. The SMILES string of the molecule is C[C@@H]1CCC=C2C(=O)C[C@H]3OOC(C)(C)[C@H]3[C@]21C. The number of Topliss-reactive ketones (excluding diaryl/α,β-unsaturated/α-hetero) is 1. The number of ketones is 1. The van der Waals surface area contributed by atoms with Crippen LogP contribution in [0.15, 0.2) is 11.6 Å². The largest absolute Gasteiger partial charge is 0.294 e. The maximum Gasteiger partial charge on any atom is 0.161 e. The van der Waals surface area contributed by atoms with Gasteiger partial charge in [0, 0.05) is 17.8 Å². The van der Waals surface area contributed by atoms with Gasteiger partial charge in [-0.05, 0) is 38.2 Å². The van der Waals surface area contributed by atoms with E-state index in [1.165, 1.54) is 0 Å². The highest BCUT2D eigenvalue weighted by atomic mass is 17.2. The Kier molecular flexibility index (Phi) is 2.52. The summed E-state index contributed by atoms with van der Waals surface area (Å²) in [5.41, 5.74) is 0.618. The molecule has 0 amide bonds. The summed E-state index contributed by atoms with van der Waals surface area (Å²) in [6.45, 7) is 8.66. The van der Waals surface area contributed by atoms with Crippen LogP contribution in [0.1, 0.15) is 47.0 Å². The number of hydrogen-bond donors (Lipinski definition) is 0. The van der Waals surface area contributed by atoms with Gasteiger partial charge in [0.2, 0.25) is 0 Å². The predicted octanol–water partition coefficient (Wildman–Crippen LogP) is 3.05. The molecule has 3 heteroatoms. The lowest BCUT2D eigenvalue weighted by atomic mass is 9.51. The first-order valence-electron chi connectivity index (χ1n) is 6.95. The fraction of sp³-hybridized carbons (Fsp3) is 0.800. The maximum atomic E-state index is 12.3. The quantitative estimate of drug-likeness (QED) is 0.620. The van der Waals surface area contributed by atoms with Crippen molar-refractivity contribution in [3.05, 3.63) is 11.6 Å². The van der Waals surface area contributed by atoms with Gasteiger partial charge in [0.25, 0.3) is 0 Å². The Morgan fingerprint density at radius 3 is 2.78 bits per heavy atom. The van der Waals surface area contributed by atoms with Crippen LogP contribution in [0.3, 0.4) is 0 Å². The Morgan fingerprint density at radius 1 is 1.33 bits per heavy atom. The summed E-state index contributed by atoms with van der Waals surface area (Å²) in [5.74, 6) is 1.02. The molecule has 0 aromatic rings. The number of carbonyl (C=O) groups is 1. The molecule has 0 aromatic heterocycles. The number of carbonyl (C=O) groups excluding carboxylic acids is 1. The number of allylic oxidation sites excluding steroid dienone is 2. The third kappa shape index (κ3) is 1.41. The molecule has 0 radical (unpaired) electrons. The Hall–Kier alpha value is -0.670. The van der Waals surface area contributed by atoms with E-state index in [-0.39, 0.29) is 28.8 Å². The summed E-state index contributed by atoms with van der Waals surface area (Å²) in [5, 5.41) is 0. The minimum Gasteiger partial charge on any atom is -0.294 e. The topological polar surface area (TPSA) is 35.5 Å². The van der Waals surface area contributed by atoms with Crippen molar-refractivity contribution in [2.45, 2.75) is 58.7 Å². The minimum absolute atomic E-state index is 0.0739. The van der Waals surface area contributed by atoms with Crippen molar-refractivity contribution in [3.63, 3.8) is 0 Å². The molecule has 2 fully saturated rings. The van der Waals surface area contributed by atoms with Gasteiger partial charge in [-0.3, -0.25) is 4.79 Å². The second kappa shape index (κ2) is 3.67. The number of rotatable bonds is 0. The van der Waals surface area contributed by atoms with Crippen molar-refractivity contribution in [3.8, 4) is 0 Å². The third-order valence-electron chi connectivity index (χ3n) is 5.39. The van der Waals surface area contributed by atoms with Gasteiger partial charge in [-0.25, -0.2) is 9.78 Å². The summed E-state index contributed by atoms with van der Waals surface area (Å²) in [6.07, 6.45) is 4.73. The zero-order valence-electron chi connectivity index (χ0n) is 11.7. The molecule has 1 saturated carbocycles. The fourth-order valence-corrected chi connectivity index (χ4v) is 4.44. The maximum absolute atomic E-state index is 12.3. The Morgan fingerprint density at radius 2 is 2.06 bits per heavy atom. The zero-order chi connectivity index (χ0) is 13.1. The van der Waals surface area contributed by atoms with Crippen molar-refractivity contribution in [2.75, 3.05) is 0 Å². The highest BCUT2D eigenvalue weighted by Crippen LogP contribution is 2.59. The molecule has 3 nitrogen and oxygen atoms in total. The molecule has 1 saturated heterocycles. The molecule has 0 aromatic carbocycles. The van der Waals surface area contributed by atoms with Crippen LogP contribution in [0.25, 0.3) is 0 Å². The molecule has 2 aliphatic carbocycles. The van der Waals surface area contributed by atoms with Crippen LogP contribution in [0, 0.1) is 17.3 Å². The van der Waals surface area contributed by atoms with Crippen LogP contribution in [-0.2, 0) is 14.6 Å². The first-order valence-corrected chi connectivity index (χ1v) is 6.95. The van der Waals surface area contributed by atoms with E-state index in [0.717, 1.165) is 18.4 Å². The lowest BCUT2D eigenvalue weighted by molar-refractivity contribution is -0.318. The van der Waals surface area contributed by atoms with Gasteiger partial charge >= 0.3 is 0 Å². The summed E-state index contributed by atoms with van der Waals surface area (Å²) in [4.78, 5) is 23.3. The van der Waals surface area contributed by atoms with Gasteiger partial charge in [-0.15, -0.1) is 0 Å². The van der Waals surface area contributed by atoms with E-state index < -0.39 is 0 Å². The van der Waals surface area contributed by atoms with Crippen molar-refractivity contribution >= 4 is 5.78 Å². The van der Waals surface area contributed by atoms with Gasteiger partial charge in [0.1, 0.15) is 11.7 Å². The van der Waals surface area contributed by atoms with Crippen LogP contribution in [0.2, 0.25) is 0 Å². The van der Waals surface area contributed by atoms with E-state index in [1.54, 1.807) is 0 Å². The molecule has 4 atom stereocenters. The smallest absolute Gasteiger partial charge is 0.161 e. The molecule has 0 bridgehead atoms. The highest BCUT2D eigenvalue weighted by Gasteiger charge is 2.62. The Balaban J connectivity index is 2.13. The van der Waals surface area contributed by atoms with E-state index in [1.807, 2.05) is 0 Å². The molecule has 0 spiro atoms. The van der Waals surface area contributed by atoms with Gasteiger partial charge in [-0.1, -0.05) is 19.9 Å². The predicted molar refractivity (Wildman–Crippen MR) is 67.7 cm³/mol. The van der Waals surface area contributed by atoms with Crippen LogP contribution >= 0.6 is 0 Å². The zero-order valence-corrected chi connectivity index (χ0v) is 11.7. The summed E-state index contributed by atoms with van der Waals surface area (Å²) in [7, 11) is 0. The van der Waals surface area contributed by atoms with Crippen LogP contribution < -0.4 is 0 Å². The second-order valence-corrected chi connectivity index (χ2v) is 6.81. The van der Waals surface area contributed by atoms with E-state index in [0.29, 0.717) is 12.3 Å². The summed E-state index contributed by atoms with van der Waals surface area (Å²) in [6, 6.07) is 0. The first-order chi connectivity index (χ1) is 8.37. The van der Waals surface area contributed by atoms with Crippen LogP contribution in [-0.4, -0.2) is 17.5 Å². The number of hydrogen-bond acceptors (Lipinski definition) is 3. The minimum atomic E-state index is -0.315. The molecule has 100 valence electrons. The normalized spacial score (nSPS) is 46.3. The lowest BCUT2D eigenvalue weighted by Gasteiger charge is -2.51. The molecular weight excluding hydrogens is 228 g/mol. The van der Waals surface area contributed by atoms with Gasteiger partial charge < -0.3 is 0 Å². The molecule has 3 aliphatic rings. The van der Waals surface area contributed by atoms with Gasteiger partial charge in [0.15, 0.2) is 5.78 Å². The van der Waals surface area contributed by atoms with E-state index in [2.05, 4.69) is 33.8 Å². The van der Waals surface area contributed by atoms with E-state index in [9.17, 15) is 4.79 Å². The van der Waals surface area contributed by atoms with E-state index in [4.69, 9.17) is 9.78 Å². The Bertz CT molecular complexity index is 423. The van der Waals surface area contributed by atoms with Gasteiger partial charge in [0.05, 0.1) is 0 Å². The second-order valence-electron chi connectivity index (χ2n) is 6.81. The standard InChI is InChI=1S/C15H22O3/c1-9-6-5-7-10-11(16)8-12-13(15(9,10)4)14(2,3)18-17-12/h7,9,12-13H,5-6,8H2,1-4H3/t9-,12-,13+,15+/m1/s1. The molecule has 3 rings (SSSR count). The monoisotopic (exact) mass is 250 g/mol. The first kappa shape index (κ1) is 12.4. The summed E-state index contributed by atoms with van der Waals surface area (Å²) < 4.78 is 0. The summed E-state index contributed by atoms with van der Waals surface area (Å²) >= 11 is 0. The van der Waals surface area contributed by atoms with Crippen molar-refractivity contribution in [1.82, 2.24) is 0 Å². The van der Waals surface area contributed by atoms with Crippen molar-refractivity contribution in [2.24, 2.45) is 17.3 Å². The molecule has 0 unspecified atom stereocenters. The number of fused-ring (bicyclic) bond motifs is 3. The molecule has 1 heterocycles. The van der Waals surface area contributed by atoms with Crippen LogP contribution in [0.4, 0.5) is 0 Å². The molecular formula is C15H22O3. The molecule has 0 N–H and O–H groups in total.